The van der Waals surface area contributed by atoms with E-state index in [1.165, 1.54) is 63.3 Å². The van der Waals surface area contributed by atoms with Crippen LogP contribution < -0.4 is 4.74 Å². The number of hydrogen-bond acceptors (Lipinski definition) is 2. The molecule has 1 aliphatic rings. The second-order valence-electron chi connectivity index (χ2n) is 8.88. The van der Waals surface area contributed by atoms with Gasteiger partial charge in [-0.05, 0) is 67.7 Å². The van der Waals surface area contributed by atoms with Crippen LogP contribution >= 0.6 is 0 Å². The lowest BCUT2D eigenvalue weighted by atomic mass is 9.77. The van der Waals surface area contributed by atoms with E-state index in [-0.39, 0.29) is 5.56 Å². The molecule has 2 nitrogen and oxygen atoms in total. The van der Waals surface area contributed by atoms with Crippen LogP contribution in [0.5, 0.6) is 5.75 Å². The minimum absolute atomic E-state index is 0.244. The molecule has 0 aliphatic heterocycles. The molecule has 1 saturated carbocycles. The second-order valence-corrected chi connectivity index (χ2v) is 8.88. The first-order chi connectivity index (χ1) is 15.6. The van der Waals surface area contributed by atoms with Gasteiger partial charge in [-0.1, -0.05) is 62.6 Å². The Morgan fingerprint density at radius 1 is 0.879 bits per heavy atom. The summed E-state index contributed by atoms with van der Waals surface area (Å²) < 4.78 is 75.1. The Morgan fingerprint density at radius 3 is 2.03 bits per heavy atom. The van der Waals surface area contributed by atoms with E-state index in [9.17, 15) is 22.0 Å². The molecule has 7 heteroatoms. The Morgan fingerprint density at radius 2 is 1.48 bits per heavy atom. The van der Waals surface area contributed by atoms with Gasteiger partial charge >= 0.3 is 12.5 Å². The lowest BCUT2D eigenvalue weighted by Gasteiger charge is -2.29. The molecule has 2 aromatic rings. The van der Waals surface area contributed by atoms with E-state index < -0.39 is 24.3 Å². The van der Waals surface area contributed by atoms with Gasteiger partial charge in [0.2, 0.25) is 0 Å². The van der Waals surface area contributed by atoms with Crippen molar-refractivity contribution in [1.29, 1.82) is 0 Å². The summed E-state index contributed by atoms with van der Waals surface area (Å²) in [5.74, 6) is 0.775. The molecule has 1 atom stereocenters. The van der Waals surface area contributed by atoms with Crippen LogP contribution in [0.1, 0.15) is 87.5 Å². The van der Waals surface area contributed by atoms with Crippen molar-refractivity contribution in [2.75, 3.05) is 0 Å². The molecule has 0 bridgehead atoms. The highest BCUT2D eigenvalue weighted by molar-refractivity contribution is 5.30. The Kier molecular flexibility index (Phi) is 8.38. The zero-order chi connectivity index (χ0) is 24.1. The number of halogens is 5. The number of benzene rings is 2. The normalized spacial score (nSPS) is 20.5. The molecule has 0 spiro atoms. The van der Waals surface area contributed by atoms with E-state index in [1.807, 2.05) is 0 Å². The topological polar surface area (TPSA) is 18.5 Å². The van der Waals surface area contributed by atoms with Crippen molar-refractivity contribution in [2.24, 2.45) is 5.92 Å². The van der Waals surface area contributed by atoms with Crippen molar-refractivity contribution in [2.45, 2.75) is 83.3 Å². The van der Waals surface area contributed by atoms with Gasteiger partial charge in [0, 0.05) is 0 Å². The molecule has 2 aromatic carbocycles. The van der Waals surface area contributed by atoms with Crippen molar-refractivity contribution in [3.63, 3.8) is 0 Å². The summed E-state index contributed by atoms with van der Waals surface area (Å²) in [5.41, 5.74) is 1.16. The van der Waals surface area contributed by atoms with Crippen LogP contribution in [0.4, 0.5) is 22.0 Å². The molecule has 33 heavy (non-hydrogen) atoms. The molecule has 1 unspecified atom stereocenters. The van der Waals surface area contributed by atoms with Crippen LogP contribution in [0.25, 0.3) is 0 Å². The maximum Gasteiger partial charge on any atom is 0.573 e. The quantitative estimate of drug-likeness (QED) is 0.341. The third-order valence-corrected chi connectivity index (χ3v) is 6.44. The summed E-state index contributed by atoms with van der Waals surface area (Å²) >= 11 is 0. The van der Waals surface area contributed by atoms with Gasteiger partial charge < -0.3 is 9.47 Å². The van der Waals surface area contributed by atoms with Crippen LogP contribution in [-0.4, -0.2) is 6.36 Å². The zero-order valence-corrected chi connectivity index (χ0v) is 19.0. The number of alkyl halides is 5. The Labute approximate surface area is 192 Å². The highest BCUT2D eigenvalue weighted by Gasteiger charge is 2.36. The summed E-state index contributed by atoms with van der Waals surface area (Å²) in [6.45, 7) is 3.63. The van der Waals surface area contributed by atoms with E-state index in [2.05, 4.69) is 11.7 Å². The molecule has 0 heterocycles. The molecule has 3 rings (SSSR count). The first kappa shape index (κ1) is 25.5. The number of hydrogen-bond donors (Lipinski definition) is 0. The third kappa shape index (κ3) is 7.42. The largest absolute Gasteiger partial charge is 0.573 e. The van der Waals surface area contributed by atoms with Crippen molar-refractivity contribution < 1.29 is 31.4 Å². The SMILES string of the molecule is CCCCC1CCC(c2ccc(C(F)(F)OC(C)c3ccc(OC(F)(F)F)cc3)cc2)CC1. The second kappa shape index (κ2) is 10.9. The predicted octanol–water partition coefficient (Wildman–Crippen LogP) is 8.88. The van der Waals surface area contributed by atoms with Gasteiger partial charge in [-0.25, -0.2) is 0 Å². The molecule has 1 fully saturated rings. The van der Waals surface area contributed by atoms with E-state index in [0.717, 1.165) is 36.5 Å². The Balaban J connectivity index is 1.57. The number of ether oxygens (including phenoxy) is 2. The summed E-state index contributed by atoms with van der Waals surface area (Å²) in [6, 6.07) is 11.1. The van der Waals surface area contributed by atoms with Crippen LogP contribution in [0.15, 0.2) is 48.5 Å². The van der Waals surface area contributed by atoms with Crippen molar-refractivity contribution in [3.05, 3.63) is 65.2 Å². The maximum atomic E-state index is 14.7. The summed E-state index contributed by atoms with van der Waals surface area (Å²) in [6.07, 6.45) is -1.05. The molecule has 0 amide bonds. The molecular weight excluding hydrogens is 439 g/mol. The van der Waals surface area contributed by atoms with Gasteiger partial charge in [-0.2, -0.15) is 8.78 Å². The van der Waals surface area contributed by atoms with Gasteiger partial charge in [0.15, 0.2) is 0 Å². The Hall–Kier alpha value is -2.15. The van der Waals surface area contributed by atoms with Gasteiger partial charge in [0.1, 0.15) is 5.75 Å². The maximum absolute atomic E-state index is 14.7. The van der Waals surface area contributed by atoms with Crippen molar-refractivity contribution >= 4 is 0 Å². The van der Waals surface area contributed by atoms with Crippen LogP contribution in [-0.2, 0) is 10.8 Å². The summed E-state index contributed by atoms with van der Waals surface area (Å²) in [5, 5.41) is 0. The van der Waals surface area contributed by atoms with Crippen LogP contribution in [0, 0.1) is 5.92 Å². The monoisotopic (exact) mass is 470 g/mol. The Bertz CT molecular complexity index is 854. The first-order valence-corrected chi connectivity index (χ1v) is 11.6. The van der Waals surface area contributed by atoms with E-state index >= 15 is 0 Å². The molecule has 0 aromatic heterocycles. The van der Waals surface area contributed by atoms with Crippen LogP contribution in [0.3, 0.4) is 0 Å². The fraction of sp³-hybridized carbons (Fsp3) is 0.538. The average molecular weight is 471 g/mol. The standard InChI is InChI=1S/C26H31F5O2/c1-3-4-5-19-6-8-21(9-7-19)22-10-14-23(15-11-22)25(27,28)32-18(2)20-12-16-24(17-13-20)33-26(29,30)31/h10-19,21H,3-9H2,1-2H3. The first-order valence-electron chi connectivity index (χ1n) is 11.6. The van der Waals surface area contributed by atoms with Gasteiger partial charge in [-0.15, -0.1) is 13.2 Å². The van der Waals surface area contributed by atoms with E-state index in [4.69, 9.17) is 4.74 Å². The summed E-state index contributed by atoms with van der Waals surface area (Å²) in [4.78, 5) is 0. The number of unbranched alkanes of at least 4 members (excludes halogenated alkanes) is 1. The number of rotatable bonds is 9. The van der Waals surface area contributed by atoms with Crippen LogP contribution in [0.2, 0.25) is 0 Å². The van der Waals surface area contributed by atoms with E-state index in [0.29, 0.717) is 11.5 Å². The predicted molar refractivity (Wildman–Crippen MR) is 117 cm³/mol. The average Bonchev–Trinajstić information content (AvgIpc) is 2.77. The fourth-order valence-electron chi connectivity index (χ4n) is 4.53. The molecular formula is C26H31F5O2. The minimum atomic E-state index is -4.81. The van der Waals surface area contributed by atoms with Gasteiger partial charge in [0.05, 0.1) is 11.7 Å². The van der Waals surface area contributed by atoms with Crippen molar-refractivity contribution in [1.82, 2.24) is 0 Å². The van der Waals surface area contributed by atoms with Crippen molar-refractivity contribution in [3.8, 4) is 5.75 Å². The minimum Gasteiger partial charge on any atom is -0.406 e. The molecule has 0 N–H and O–H groups in total. The van der Waals surface area contributed by atoms with E-state index in [1.54, 1.807) is 12.1 Å². The van der Waals surface area contributed by atoms with Gasteiger partial charge in [0.25, 0.3) is 0 Å². The fourth-order valence-corrected chi connectivity index (χ4v) is 4.53. The smallest absolute Gasteiger partial charge is 0.406 e. The lowest BCUT2D eigenvalue weighted by molar-refractivity contribution is -0.274. The summed E-state index contributed by atoms with van der Waals surface area (Å²) in [7, 11) is 0. The third-order valence-electron chi connectivity index (χ3n) is 6.44. The molecule has 182 valence electrons. The highest BCUT2D eigenvalue weighted by atomic mass is 19.4. The molecule has 0 saturated heterocycles. The lowest BCUT2D eigenvalue weighted by Crippen LogP contribution is -2.21. The zero-order valence-electron chi connectivity index (χ0n) is 19.0. The molecule has 1 aliphatic carbocycles. The molecule has 0 radical (unpaired) electrons. The highest BCUT2D eigenvalue weighted by Crippen LogP contribution is 2.40. The van der Waals surface area contributed by atoms with Gasteiger partial charge in [-0.3, -0.25) is 0 Å².